The standard InChI is InChI=1S/C15H9F3N2OS/c16-15(17,18)10-6-2-1-5-9(10)13(21)20-14-19-11-7-3-4-8-12(11)22-14/h1-8H,(H,19,20,21). The van der Waals surface area contributed by atoms with Gasteiger partial charge in [-0.05, 0) is 24.3 Å². The fraction of sp³-hybridized carbons (Fsp3) is 0.0667. The third-order valence-corrected chi connectivity index (χ3v) is 3.94. The van der Waals surface area contributed by atoms with Crippen molar-refractivity contribution in [2.75, 3.05) is 5.32 Å². The van der Waals surface area contributed by atoms with Gasteiger partial charge in [-0.25, -0.2) is 4.98 Å². The summed E-state index contributed by atoms with van der Waals surface area (Å²) in [4.78, 5) is 16.3. The van der Waals surface area contributed by atoms with Crippen LogP contribution in [0.4, 0.5) is 18.3 Å². The zero-order valence-corrected chi connectivity index (χ0v) is 11.8. The molecular weight excluding hydrogens is 313 g/mol. The molecule has 3 rings (SSSR count). The number of para-hydroxylation sites is 1. The van der Waals surface area contributed by atoms with Crippen LogP contribution in [0.15, 0.2) is 48.5 Å². The number of anilines is 1. The topological polar surface area (TPSA) is 42.0 Å². The van der Waals surface area contributed by atoms with E-state index in [0.29, 0.717) is 5.52 Å². The van der Waals surface area contributed by atoms with Crippen LogP contribution in [0.25, 0.3) is 10.2 Å². The average molecular weight is 322 g/mol. The zero-order valence-electron chi connectivity index (χ0n) is 11.0. The van der Waals surface area contributed by atoms with Gasteiger partial charge in [0.2, 0.25) is 0 Å². The van der Waals surface area contributed by atoms with E-state index in [9.17, 15) is 18.0 Å². The van der Waals surface area contributed by atoms with Crippen molar-refractivity contribution in [1.29, 1.82) is 0 Å². The number of alkyl halides is 3. The fourth-order valence-corrected chi connectivity index (χ4v) is 2.88. The first-order valence-electron chi connectivity index (χ1n) is 6.28. The van der Waals surface area contributed by atoms with E-state index < -0.39 is 23.2 Å². The van der Waals surface area contributed by atoms with Crippen molar-refractivity contribution < 1.29 is 18.0 Å². The molecule has 7 heteroatoms. The van der Waals surface area contributed by atoms with Gasteiger partial charge in [-0.15, -0.1) is 0 Å². The largest absolute Gasteiger partial charge is 0.417 e. The molecule has 1 N–H and O–H groups in total. The van der Waals surface area contributed by atoms with Gasteiger partial charge in [0.15, 0.2) is 5.13 Å². The first-order chi connectivity index (χ1) is 10.4. The number of amides is 1. The smallest absolute Gasteiger partial charge is 0.298 e. The number of carbonyl (C=O) groups is 1. The van der Waals surface area contributed by atoms with Crippen molar-refractivity contribution in [3.8, 4) is 0 Å². The highest BCUT2D eigenvalue weighted by Crippen LogP contribution is 2.32. The third-order valence-electron chi connectivity index (χ3n) is 2.99. The molecule has 2 aromatic carbocycles. The third kappa shape index (κ3) is 2.80. The van der Waals surface area contributed by atoms with Gasteiger partial charge in [0.05, 0.1) is 21.3 Å². The zero-order chi connectivity index (χ0) is 15.7. The van der Waals surface area contributed by atoms with E-state index >= 15 is 0 Å². The summed E-state index contributed by atoms with van der Waals surface area (Å²) in [6, 6.07) is 11.9. The van der Waals surface area contributed by atoms with Crippen LogP contribution in [0.2, 0.25) is 0 Å². The van der Waals surface area contributed by atoms with Gasteiger partial charge < -0.3 is 0 Å². The van der Waals surface area contributed by atoms with Crippen molar-refractivity contribution in [3.63, 3.8) is 0 Å². The van der Waals surface area contributed by atoms with E-state index in [2.05, 4.69) is 10.3 Å². The maximum Gasteiger partial charge on any atom is 0.417 e. The van der Waals surface area contributed by atoms with Gasteiger partial charge in [0, 0.05) is 0 Å². The minimum Gasteiger partial charge on any atom is -0.298 e. The number of halogens is 3. The summed E-state index contributed by atoms with van der Waals surface area (Å²) in [5.74, 6) is -0.827. The van der Waals surface area contributed by atoms with Crippen LogP contribution in [-0.2, 0) is 6.18 Å². The maximum atomic E-state index is 12.9. The highest BCUT2D eigenvalue weighted by molar-refractivity contribution is 7.22. The van der Waals surface area contributed by atoms with Crippen molar-refractivity contribution in [1.82, 2.24) is 4.98 Å². The van der Waals surface area contributed by atoms with Gasteiger partial charge in [-0.2, -0.15) is 13.2 Å². The number of aromatic nitrogens is 1. The molecule has 0 aliphatic rings. The van der Waals surface area contributed by atoms with E-state index in [-0.39, 0.29) is 5.13 Å². The van der Waals surface area contributed by atoms with Crippen LogP contribution in [0.3, 0.4) is 0 Å². The Morgan fingerprint density at radius 1 is 1.05 bits per heavy atom. The SMILES string of the molecule is O=C(Nc1nc2ccccc2s1)c1ccccc1C(F)(F)F. The molecule has 0 aliphatic heterocycles. The Morgan fingerprint density at radius 3 is 2.45 bits per heavy atom. The molecule has 0 aliphatic carbocycles. The van der Waals surface area contributed by atoms with Crippen molar-refractivity contribution >= 4 is 32.6 Å². The predicted octanol–water partition coefficient (Wildman–Crippen LogP) is 4.57. The second kappa shape index (κ2) is 5.42. The average Bonchev–Trinajstić information content (AvgIpc) is 2.88. The number of hydrogen-bond donors (Lipinski definition) is 1. The quantitative estimate of drug-likeness (QED) is 0.751. The molecule has 112 valence electrons. The fourth-order valence-electron chi connectivity index (χ4n) is 2.02. The molecule has 1 amide bonds. The number of benzene rings is 2. The second-order valence-electron chi connectivity index (χ2n) is 4.48. The molecule has 0 saturated carbocycles. The van der Waals surface area contributed by atoms with Crippen LogP contribution in [-0.4, -0.2) is 10.9 Å². The number of rotatable bonds is 2. The molecule has 22 heavy (non-hydrogen) atoms. The Hall–Kier alpha value is -2.41. The van der Waals surface area contributed by atoms with E-state index in [0.717, 1.165) is 16.8 Å². The van der Waals surface area contributed by atoms with E-state index in [1.807, 2.05) is 12.1 Å². The number of nitrogens with one attached hydrogen (secondary N) is 1. The monoisotopic (exact) mass is 322 g/mol. The Balaban J connectivity index is 1.92. The molecule has 0 unspecified atom stereocenters. The second-order valence-corrected chi connectivity index (χ2v) is 5.51. The Bertz CT molecular complexity index is 809. The van der Waals surface area contributed by atoms with Crippen LogP contribution < -0.4 is 5.32 Å². The summed E-state index contributed by atoms with van der Waals surface area (Å²) in [6.07, 6.45) is -4.58. The van der Waals surface area contributed by atoms with E-state index in [1.54, 1.807) is 12.1 Å². The highest BCUT2D eigenvalue weighted by atomic mass is 32.1. The van der Waals surface area contributed by atoms with Crippen LogP contribution >= 0.6 is 11.3 Å². The van der Waals surface area contributed by atoms with Crippen LogP contribution in [0, 0.1) is 0 Å². The summed E-state index contributed by atoms with van der Waals surface area (Å²) in [6.45, 7) is 0. The first-order valence-corrected chi connectivity index (χ1v) is 7.10. The van der Waals surface area contributed by atoms with E-state index in [4.69, 9.17) is 0 Å². The predicted molar refractivity (Wildman–Crippen MR) is 79.0 cm³/mol. The number of carbonyl (C=O) groups excluding carboxylic acids is 1. The van der Waals surface area contributed by atoms with E-state index in [1.165, 1.54) is 23.5 Å². The lowest BCUT2D eigenvalue weighted by molar-refractivity contribution is -0.137. The molecule has 1 heterocycles. The summed E-state index contributed by atoms with van der Waals surface area (Å²) >= 11 is 1.21. The molecule has 0 radical (unpaired) electrons. The Kier molecular flexibility index (Phi) is 3.58. The maximum absolute atomic E-state index is 12.9. The van der Waals surface area contributed by atoms with Gasteiger partial charge in [0.1, 0.15) is 0 Å². The normalized spacial score (nSPS) is 11.6. The summed E-state index contributed by atoms with van der Waals surface area (Å²) in [7, 11) is 0. The highest BCUT2D eigenvalue weighted by Gasteiger charge is 2.34. The van der Waals surface area contributed by atoms with Gasteiger partial charge in [-0.1, -0.05) is 35.6 Å². The number of hydrogen-bond acceptors (Lipinski definition) is 3. The van der Waals surface area contributed by atoms with Crippen molar-refractivity contribution in [2.24, 2.45) is 0 Å². The minimum atomic E-state index is -4.58. The molecule has 3 aromatic rings. The molecule has 1 aromatic heterocycles. The Labute approximate surface area is 127 Å². The molecule has 3 nitrogen and oxygen atoms in total. The lowest BCUT2D eigenvalue weighted by Gasteiger charge is -2.11. The number of fused-ring (bicyclic) bond motifs is 1. The Morgan fingerprint density at radius 2 is 1.73 bits per heavy atom. The summed E-state index contributed by atoms with van der Waals surface area (Å²) in [5.41, 5.74) is -0.699. The molecule has 0 saturated heterocycles. The molecule has 0 atom stereocenters. The summed E-state index contributed by atoms with van der Waals surface area (Å²) in [5, 5.41) is 2.70. The summed E-state index contributed by atoms with van der Waals surface area (Å²) < 4.78 is 39.6. The van der Waals surface area contributed by atoms with Gasteiger partial charge >= 0.3 is 6.18 Å². The van der Waals surface area contributed by atoms with Crippen LogP contribution in [0.5, 0.6) is 0 Å². The lowest BCUT2D eigenvalue weighted by Crippen LogP contribution is -2.18. The van der Waals surface area contributed by atoms with Crippen molar-refractivity contribution in [2.45, 2.75) is 6.18 Å². The molecular formula is C15H9F3N2OS. The molecule has 0 fully saturated rings. The van der Waals surface area contributed by atoms with Gasteiger partial charge in [-0.3, -0.25) is 10.1 Å². The minimum absolute atomic E-state index is 0.267. The lowest BCUT2D eigenvalue weighted by atomic mass is 10.1. The molecule has 0 spiro atoms. The van der Waals surface area contributed by atoms with Crippen molar-refractivity contribution in [3.05, 3.63) is 59.7 Å². The molecule has 0 bridgehead atoms. The number of nitrogens with zero attached hydrogens (tertiary/aromatic N) is 1. The number of thiazole rings is 1. The van der Waals surface area contributed by atoms with Gasteiger partial charge in [0.25, 0.3) is 5.91 Å². The van der Waals surface area contributed by atoms with Crippen LogP contribution in [0.1, 0.15) is 15.9 Å². The first kappa shape index (κ1) is 14.5.